The molecule has 3 amide bonds. The molecule has 5 aromatic rings. The van der Waals surface area contributed by atoms with E-state index in [2.05, 4.69) is 32.0 Å². The van der Waals surface area contributed by atoms with Crippen LogP contribution in [0.15, 0.2) is 79.0 Å². The smallest absolute Gasteiger partial charge is 0.311 e. The Kier molecular flexibility index (Phi) is 7.60. The van der Waals surface area contributed by atoms with Gasteiger partial charge in [-0.2, -0.15) is 0 Å². The van der Waals surface area contributed by atoms with Gasteiger partial charge in [-0.15, -0.1) is 0 Å². The molecule has 10 nitrogen and oxygen atoms in total. The Hall–Kier alpha value is -5.84. The van der Waals surface area contributed by atoms with Crippen molar-refractivity contribution in [3.8, 4) is 11.3 Å². The lowest BCUT2D eigenvalue weighted by Crippen LogP contribution is -2.57. The number of aliphatic carboxylic acids is 1. The van der Waals surface area contributed by atoms with Gasteiger partial charge in [-0.1, -0.05) is 71.8 Å². The molecule has 4 aliphatic heterocycles. The SMILES string of the molecule is Cc1ccc2c(c1)C1CC(C)(C(=O)Nc3ncc(-c4ccc(F)c5ccccc45)[nH]3)C2NC1=O.Cc1ccc2c(c1)C1CC(C)(C(=O)O)C2NC1=O. The summed E-state index contributed by atoms with van der Waals surface area (Å²) in [6, 6.07) is 21.5. The lowest BCUT2D eigenvalue weighted by molar-refractivity contribution is -0.155. The number of hydrogen-bond acceptors (Lipinski definition) is 5. The van der Waals surface area contributed by atoms with Gasteiger partial charge >= 0.3 is 5.97 Å². The summed E-state index contributed by atoms with van der Waals surface area (Å²) in [5.74, 6) is -1.79. The summed E-state index contributed by atoms with van der Waals surface area (Å²) < 4.78 is 14.2. The van der Waals surface area contributed by atoms with E-state index in [1.165, 1.54) is 6.07 Å². The molecule has 1 aromatic heterocycles. The second-order valence-corrected chi connectivity index (χ2v) is 15.0. The van der Waals surface area contributed by atoms with Crippen LogP contribution in [0.4, 0.5) is 10.3 Å². The third kappa shape index (κ3) is 5.09. The van der Waals surface area contributed by atoms with E-state index in [0.29, 0.717) is 29.9 Å². The van der Waals surface area contributed by atoms with Crippen molar-refractivity contribution in [2.75, 3.05) is 5.32 Å². The molecule has 4 bridgehead atoms. The maximum absolute atomic E-state index is 14.2. The number of nitrogens with one attached hydrogen (secondary N) is 4. The summed E-state index contributed by atoms with van der Waals surface area (Å²) in [6.07, 6.45) is 2.45. The minimum absolute atomic E-state index is 0.0307. The fraction of sp³-hybridized carbons (Fsp3) is 0.293. The Balaban J connectivity index is 0.000000181. The Labute approximate surface area is 299 Å². The molecule has 2 fully saturated rings. The van der Waals surface area contributed by atoms with E-state index < -0.39 is 28.9 Å². The average molecular weight is 700 g/mol. The first-order valence-corrected chi connectivity index (χ1v) is 17.4. The number of benzene rings is 4. The highest BCUT2D eigenvalue weighted by Crippen LogP contribution is 2.54. The molecule has 6 unspecified atom stereocenters. The topological polar surface area (TPSA) is 153 Å². The maximum atomic E-state index is 14.2. The van der Waals surface area contributed by atoms with Crippen LogP contribution < -0.4 is 16.0 Å². The van der Waals surface area contributed by atoms with Gasteiger partial charge in [-0.25, -0.2) is 9.37 Å². The number of imidazole rings is 1. The quantitative estimate of drug-likeness (QED) is 0.140. The first-order chi connectivity index (χ1) is 24.8. The highest BCUT2D eigenvalue weighted by molar-refractivity contribution is 6.00. The van der Waals surface area contributed by atoms with E-state index in [1.807, 2.05) is 63.2 Å². The van der Waals surface area contributed by atoms with Crippen LogP contribution in [0.1, 0.15) is 84.0 Å². The summed E-state index contributed by atoms with van der Waals surface area (Å²) in [7, 11) is 0. The third-order valence-electron chi connectivity index (χ3n) is 11.6. The monoisotopic (exact) mass is 699 g/mol. The molecule has 264 valence electrons. The van der Waals surface area contributed by atoms with E-state index in [0.717, 1.165) is 44.3 Å². The van der Waals surface area contributed by atoms with Gasteiger partial charge in [0.1, 0.15) is 5.82 Å². The molecule has 6 atom stereocenters. The lowest BCUT2D eigenvalue weighted by atomic mass is 9.61. The van der Waals surface area contributed by atoms with Crippen LogP contribution in [0.2, 0.25) is 0 Å². The number of rotatable bonds is 4. The molecule has 4 aromatic carbocycles. The van der Waals surface area contributed by atoms with Crippen LogP contribution in [0, 0.1) is 30.5 Å². The summed E-state index contributed by atoms with van der Waals surface area (Å²) in [6.45, 7) is 7.59. The van der Waals surface area contributed by atoms with Crippen LogP contribution in [0.3, 0.4) is 0 Å². The standard InChI is InChI=1S/C27H23FN4O2.C14H15NO3/c1-14-7-8-18-19(11-14)20-12-27(2,23(18)31-24(20)33)25(34)32-26-29-13-22(30-26)17-9-10-21(28)16-6-4-3-5-15(16)17;1-7-3-4-8-9(5-7)10-6-14(2,13(17)18)11(8)15-12(10)16/h3-11,13,20,23H,12H2,1-2H3,(H,31,33)(H2,29,30,32,34);3-5,10-11H,6H2,1-2H3,(H,15,16)(H,17,18). The van der Waals surface area contributed by atoms with Crippen molar-refractivity contribution in [2.24, 2.45) is 10.8 Å². The van der Waals surface area contributed by atoms with Gasteiger partial charge in [-0.05, 0) is 80.3 Å². The number of halogens is 1. The number of carboxylic acid groups (broad SMARTS) is 1. The average Bonchev–Trinajstić information content (AvgIpc) is 3.58. The molecular formula is C41H38FN5O5. The zero-order valence-corrected chi connectivity index (χ0v) is 29.1. The van der Waals surface area contributed by atoms with Crippen LogP contribution in [0.25, 0.3) is 22.0 Å². The number of H-pyrrole nitrogens is 1. The first kappa shape index (κ1) is 33.3. The highest BCUT2D eigenvalue weighted by Gasteiger charge is 2.56. The summed E-state index contributed by atoms with van der Waals surface area (Å²) in [4.78, 5) is 57.0. The fourth-order valence-electron chi connectivity index (χ4n) is 8.64. The Morgan fingerprint density at radius 2 is 1.35 bits per heavy atom. The van der Waals surface area contributed by atoms with Gasteiger partial charge < -0.3 is 20.7 Å². The van der Waals surface area contributed by atoms with Crippen LogP contribution in [0.5, 0.6) is 0 Å². The van der Waals surface area contributed by atoms with Gasteiger partial charge in [-0.3, -0.25) is 24.5 Å². The van der Waals surface area contributed by atoms with E-state index >= 15 is 0 Å². The number of carbonyl (C=O) groups is 4. The Morgan fingerprint density at radius 1 is 0.788 bits per heavy atom. The maximum Gasteiger partial charge on any atom is 0.311 e. The number of hydrogen-bond donors (Lipinski definition) is 5. The summed E-state index contributed by atoms with van der Waals surface area (Å²) in [5, 5.41) is 19.5. The molecule has 5 heterocycles. The van der Waals surface area contributed by atoms with Crippen molar-refractivity contribution in [3.63, 3.8) is 0 Å². The summed E-state index contributed by atoms with van der Waals surface area (Å²) >= 11 is 0. The molecule has 0 saturated carbocycles. The first-order valence-electron chi connectivity index (χ1n) is 17.4. The van der Waals surface area contributed by atoms with Gasteiger partial charge in [0.2, 0.25) is 23.7 Å². The molecule has 2 aliphatic carbocycles. The van der Waals surface area contributed by atoms with E-state index in [1.54, 1.807) is 31.3 Å². The Morgan fingerprint density at radius 3 is 1.94 bits per heavy atom. The number of carboxylic acids is 1. The number of piperidine rings is 2. The molecule has 11 rings (SSSR count). The van der Waals surface area contributed by atoms with Crippen molar-refractivity contribution < 1.29 is 28.7 Å². The van der Waals surface area contributed by atoms with Crippen molar-refractivity contribution >= 4 is 40.4 Å². The molecule has 52 heavy (non-hydrogen) atoms. The molecule has 6 aliphatic rings. The normalized spacial score (nSPS) is 26.4. The second kappa shape index (κ2) is 11.9. The number of aryl methyl sites for hydroxylation is 2. The van der Waals surface area contributed by atoms with E-state index in [4.69, 9.17) is 0 Å². The van der Waals surface area contributed by atoms with Gasteiger partial charge in [0, 0.05) is 10.9 Å². The van der Waals surface area contributed by atoms with Gasteiger partial charge in [0.25, 0.3) is 0 Å². The largest absolute Gasteiger partial charge is 0.481 e. The minimum Gasteiger partial charge on any atom is -0.481 e. The van der Waals surface area contributed by atoms with Crippen molar-refractivity contribution in [1.29, 1.82) is 0 Å². The molecule has 2 saturated heterocycles. The number of anilines is 1. The highest BCUT2D eigenvalue weighted by atomic mass is 19.1. The van der Waals surface area contributed by atoms with E-state index in [-0.39, 0.29) is 35.4 Å². The van der Waals surface area contributed by atoms with E-state index in [9.17, 15) is 28.7 Å². The molecule has 5 N–H and O–H groups in total. The number of aromatic amines is 1. The van der Waals surface area contributed by atoms with Crippen molar-refractivity contribution in [2.45, 2.75) is 64.5 Å². The zero-order valence-electron chi connectivity index (χ0n) is 29.1. The van der Waals surface area contributed by atoms with Gasteiger partial charge in [0.05, 0.1) is 46.6 Å². The van der Waals surface area contributed by atoms with Crippen LogP contribution in [-0.2, 0) is 19.2 Å². The fourth-order valence-corrected chi connectivity index (χ4v) is 8.64. The van der Waals surface area contributed by atoms with Crippen molar-refractivity contribution in [3.05, 3.63) is 118 Å². The molecule has 0 spiro atoms. The van der Waals surface area contributed by atoms with Crippen LogP contribution >= 0.6 is 0 Å². The zero-order chi connectivity index (χ0) is 36.7. The number of carbonyl (C=O) groups excluding carboxylic acids is 3. The van der Waals surface area contributed by atoms with Gasteiger partial charge in [0.15, 0.2) is 0 Å². The lowest BCUT2D eigenvalue weighted by Gasteiger charge is -2.49. The summed E-state index contributed by atoms with van der Waals surface area (Å²) in [5.41, 5.74) is 5.92. The molecule has 0 radical (unpaired) electrons. The Bertz CT molecular complexity index is 2350. The second-order valence-electron chi connectivity index (χ2n) is 15.0. The predicted molar refractivity (Wildman–Crippen MR) is 193 cm³/mol. The van der Waals surface area contributed by atoms with Crippen LogP contribution in [-0.4, -0.2) is 38.8 Å². The number of nitrogens with zero attached hydrogens (tertiary/aromatic N) is 1. The minimum atomic E-state index is -0.902. The van der Waals surface area contributed by atoms with Crippen molar-refractivity contribution in [1.82, 2.24) is 20.6 Å². The number of amides is 3. The number of fused-ring (bicyclic) bond motifs is 5. The molecular weight excluding hydrogens is 661 g/mol. The predicted octanol–water partition coefficient (Wildman–Crippen LogP) is 6.72. The third-order valence-corrected chi connectivity index (χ3v) is 11.6. The number of aromatic nitrogens is 2. The molecule has 11 heteroatoms.